The lowest BCUT2D eigenvalue weighted by Gasteiger charge is -2.20. The summed E-state index contributed by atoms with van der Waals surface area (Å²) in [7, 11) is 0. The molecule has 14 rings (SSSR count). The van der Waals surface area contributed by atoms with E-state index in [-0.39, 0.29) is 0 Å². The Balaban J connectivity index is 1.20. The standard InChI is InChI=1S/C63H38S2/c1-37-18-17-21-39(34-37)56-43-24-7-11-28-47(43)59(48-29-12-8-25-44(48)56)52-36-40-35-51(58-45-26-9-5-22-41(45)55(38-19-3-2-4-20-38)42-23-6-10-27-46(42)58)62-60(49-30-13-15-32-53(49)64-62)57(40)61-50-31-14-16-33-54(50)65-63(52)61/h2-36H,1H3. The van der Waals surface area contributed by atoms with E-state index in [1.807, 2.05) is 22.7 Å². The zero-order valence-corrected chi connectivity index (χ0v) is 37.2. The number of thiophene rings is 2. The first kappa shape index (κ1) is 36.8. The summed E-state index contributed by atoms with van der Waals surface area (Å²) in [6.45, 7) is 2.20. The minimum absolute atomic E-state index is 1.24. The molecular formula is C63H38S2. The van der Waals surface area contributed by atoms with Crippen LogP contribution in [0.25, 0.3) is 139 Å². The lowest BCUT2D eigenvalue weighted by molar-refractivity contribution is 1.47. The van der Waals surface area contributed by atoms with Gasteiger partial charge in [-0.2, -0.15) is 0 Å². The summed E-state index contributed by atoms with van der Waals surface area (Å²) in [5.41, 5.74) is 11.5. The van der Waals surface area contributed by atoms with Gasteiger partial charge in [0.05, 0.1) is 0 Å². The van der Waals surface area contributed by atoms with Crippen molar-refractivity contribution < 1.29 is 0 Å². The van der Waals surface area contributed by atoms with E-state index >= 15 is 0 Å². The minimum atomic E-state index is 1.24. The summed E-state index contributed by atoms with van der Waals surface area (Å²) < 4.78 is 5.30. The van der Waals surface area contributed by atoms with E-state index in [0.29, 0.717) is 0 Å². The normalized spacial score (nSPS) is 12.1. The second-order valence-corrected chi connectivity index (χ2v) is 19.6. The minimum Gasteiger partial charge on any atom is -0.135 e. The van der Waals surface area contributed by atoms with Crippen LogP contribution in [-0.4, -0.2) is 0 Å². The number of hydrogen-bond acceptors (Lipinski definition) is 2. The SMILES string of the molecule is Cc1cccc(-c2c3ccccc3c(-c3cc4cc(-c5c6ccccc6c(-c6ccccc6)c6ccccc56)c5sc6ccccc6c5c4c4c3sc3ccccc34)c3ccccc23)c1. The molecule has 0 unspecified atom stereocenters. The Morgan fingerprint density at radius 1 is 0.277 bits per heavy atom. The van der Waals surface area contributed by atoms with E-state index in [4.69, 9.17) is 0 Å². The summed E-state index contributed by atoms with van der Waals surface area (Å²) in [6, 6.07) is 79.7. The summed E-state index contributed by atoms with van der Waals surface area (Å²) in [4.78, 5) is 0. The quantitative estimate of drug-likeness (QED) is 0.155. The van der Waals surface area contributed by atoms with Gasteiger partial charge in [-0.3, -0.25) is 0 Å². The molecule has 0 aliphatic rings. The third-order valence-corrected chi connectivity index (χ3v) is 16.2. The van der Waals surface area contributed by atoms with Crippen molar-refractivity contribution in [1.82, 2.24) is 0 Å². The highest BCUT2D eigenvalue weighted by molar-refractivity contribution is 7.27. The van der Waals surface area contributed by atoms with Gasteiger partial charge in [-0.05, 0) is 113 Å². The van der Waals surface area contributed by atoms with Gasteiger partial charge in [-0.1, -0.05) is 194 Å². The van der Waals surface area contributed by atoms with Crippen molar-refractivity contribution in [2.75, 3.05) is 0 Å². The Kier molecular flexibility index (Phi) is 8.04. The Morgan fingerprint density at radius 2 is 0.631 bits per heavy atom. The monoisotopic (exact) mass is 858 g/mol. The first-order valence-corrected chi connectivity index (χ1v) is 24.1. The van der Waals surface area contributed by atoms with Gasteiger partial charge < -0.3 is 0 Å². The smallest absolute Gasteiger partial charge is 0.0440 e. The third-order valence-electron chi connectivity index (χ3n) is 13.8. The molecule has 0 saturated heterocycles. The Morgan fingerprint density at radius 3 is 1.06 bits per heavy atom. The number of rotatable bonds is 4. The molecule has 2 heterocycles. The molecule has 0 bridgehead atoms. The number of benzene rings is 12. The molecule has 14 aromatic rings. The van der Waals surface area contributed by atoms with Gasteiger partial charge in [0.15, 0.2) is 0 Å². The van der Waals surface area contributed by atoms with Gasteiger partial charge in [-0.25, -0.2) is 0 Å². The molecule has 0 atom stereocenters. The lowest BCUT2D eigenvalue weighted by atomic mass is 9.83. The summed E-state index contributed by atoms with van der Waals surface area (Å²) >= 11 is 3.88. The molecule has 0 saturated carbocycles. The van der Waals surface area contributed by atoms with Gasteiger partial charge in [0, 0.05) is 56.9 Å². The summed E-state index contributed by atoms with van der Waals surface area (Å²) in [5.74, 6) is 0. The van der Waals surface area contributed by atoms with Crippen molar-refractivity contribution in [1.29, 1.82) is 0 Å². The van der Waals surface area contributed by atoms with Crippen molar-refractivity contribution in [2.24, 2.45) is 0 Å². The van der Waals surface area contributed by atoms with E-state index in [1.54, 1.807) is 0 Å². The third kappa shape index (κ3) is 5.36. The molecule has 0 aliphatic heterocycles. The fourth-order valence-corrected chi connectivity index (χ4v) is 13.7. The zero-order valence-electron chi connectivity index (χ0n) is 35.5. The predicted molar refractivity (Wildman–Crippen MR) is 286 cm³/mol. The van der Waals surface area contributed by atoms with Crippen LogP contribution < -0.4 is 0 Å². The van der Waals surface area contributed by atoms with Crippen molar-refractivity contribution in [3.05, 3.63) is 218 Å². The summed E-state index contributed by atoms with van der Waals surface area (Å²) in [5, 5.41) is 18.1. The van der Waals surface area contributed by atoms with Crippen molar-refractivity contribution in [2.45, 2.75) is 6.92 Å². The molecule has 12 aromatic carbocycles. The van der Waals surface area contributed by atoms with Gasteiger partial charge in [0.1, 0.15) is 0 Å². The number of fused-ring (bicyclic) bond motifs is 13. The molecular weight excluding hydrogens is 821 g/mol. The van der Waals surface area contributed by atoms with Gasteiger partial charge in [-0.15, -0.1) is 22.7 Å². The highest BCUT2D eigenvalue weighted by Crippen LogP contribution is 2.55. The largest absolute Gasteiger partial charge is 0.135 e. The van der Waals surface area contributed by atoms with Crippen LogP contribution >= 0.6 is 22.7 Å². The first-order valence-electron chi connectivity index (χ1n) is 22.4. The molecule has 0 aliphatic carbocycles. The molecule has 302 valence electrons. The van der Waals surface area contributed by atoms with Crippen LogP contribution in [0.3, 0.4) is 0 Å². The Hall–Kier alpha value is -7.62. The van der Waals surface area contributed by atoms with E-state index in [0.717, 1.165) is 0 Å². The molecule has 2 aromatic heterocycles. The van der Waals surface area contributed by atoms with Crippen molar-refractivity contribution in [3.8, 4) is 44.5 Å². The first-order chi connectivity index (χ1) is 32.2. The van der Waals surface area contributed by atoms with Crippen LogP contribution in [0.5, 0.6) is 0 Å². The van der Waals surface area contributed by atoms with E-state index in [1.165, 1.54) is 144 Å². The van der Waals surface area contributed by atoms with Crippen LogP contribution in [0, 0.1) is 6.92 Å². The molecule has 0 fully saturated rings. The maximum absolute atomic E-state index is 2.56. The predicted octanol–water partition coefficient (Wildman–Crippen LogP) is 19.2. The van der Waals surface area contributed by atoms with Crippen LogP contribution in [0.15, 0.2) is 212 Å². The highest BCUT2D eigenvalue weighted by atomic mass is 32.1. The summed E-state index contributed by atoms with van der Waals surface area (Å²) in [6.07, 6.45) is 0. The second-order valence-electron chi connectivity index (χ2n) is 17.5. The van der Waals surface area contributed by atoms with Crippen LogP contribution in [0.1, 0.15) is 5.56 Å². The van der Waals surface area contributed by atoms with Crippen molar-refractivity contribution >= 4 is 117 Å². The van der Waals surface area contributed by atoms with Gasteiger partial charge in [0.25, 0.3) is 0 Å². The number of hydrogen-bond donors (Lipinski definition) is 0. The molecule has 0 amide bonds. The number of aryl methyl sites for hydroxylation is 1. The van der Waals surface area contributed by atoms with E-state index < -0.39 is 0 Å². The average molecular weight is 859 g/mol. The fraction of sp³-hybridized carbons (Fsp3) is 0.0159. The van der Waals surface area contributed by atoms with Crippen LogP contribution in [0.4, 0.5) is 0 Å². The zero-order chi connectivity index (χ0) is 42.8. The topological polar surface area (TPSA) is 0 Å². The molecule has 65 heavy (non-hydrogen) atoms. The Labute approximate surface area is 383 Å². The van der Waals surface area contributed by atoms with Crippen LogP contribution in [0.2, 0.25) is 0 Å². The van der Waals surface area contributed by atoms with Crippen LogP contribution in [-0.2, 0) is 0 Å². The van der Waals surface area contributed by atoms with Gasteiger partial charge >= 0.3 is 0 Å². The molecule has 0 nitrogen and oxygen atoms in total. The maximum Gasteiger partial charge on any atom is 0.0440 e. The van der Waals surface area contributed by atoms with Gasteiger partial charge in [0.2, 0.25) is 0 Å². The molecule has 2 heteroatoms. The molecule has 0 radical (unpaired) electrons. The molecule has 0 spiro atoms. The van der Waals surface area contributed by atoms with E-state index in [2.05, 4.69) is 219 Å². The van der Waals surface area contributed by atoms with E-state index in [9.17, 15) is 0 Å². The highest BCUT2D eigenvalue weighted by Gasteiger charge is 2.26. The Bertz CT molecular complexity index is 4180. The maximum atomic E-state index is 2.56. The van der Waals surface area contributed by atoms with Crippen molar-refractivity contribution in [3.63, 3.8) is 0 Å². The lowest BCUT2D eigenvalue weighted by Crippen LogP contribution is -1.93. The second kappa shape index (κ2) is 14.2. The average Bonchev–Trinajstić information content (AvgIpc) is 3.95. The molecule has 0 N–H and O–H groups in total. The fourth-order valence-electron chi connectivity index (χ4n) is 11.2.